The Morgan fingerprint density at radius 1 is 1.50 bits per heavy atom. The molecule has 0 radical (unpaired) electrons. The lowest BCUT2D eigenvalue weighted by atomic mass is 10.4. The number of allylic oxidation sites excluding steroid dienone is 1. The van der Waals surface area contributed by atoms with Gasteiger partial charge in [-0.25, -0.2) is 5.01 Å². The molecule has 52 valence electrons. The van der Waals surface area contributed by atoms with Crippen molar-refractivity contribution in [2.75, 3.05) is 13.1 Å². The van der Waals surface area contributed by atoms with Gasteiger partial charge in [-0.05, 0) is 12.2 Å². The monoisotopic (exact) mass is 155 g/mol. The summed E-state index contributed by atoms with van der Waals surface area (Å²) in [5.74, 6) is 0.921. The van der Waals surface area contributed by atoms with Crippen molar-refractivity contribution in [3.63, 3.8) is 0 Å². The average Bonchev–Trinajstić information content (AvgIpc) is 2.33. The van der Waals surface area contributed by atoms with E-state index in [-0.39, 0.29) is 0 Å². The second kappa shape index (κ2) is 2.09. The fraction of sp³-hybridized carbons (Fsp3) is 0.333. The van der Waals surface area contributed by atoms with Crippen LogP contribution in [-0.2, 0) is 0 Å². The van der Waals surface area contributed by atoms with Gasteiger partial charge in [0.15, 0.2) is 0 Å². The highest BCUT2D eigenvalue weighted by Gasteiger charge is 2.16. The maximum absolute atomic E-state index is 5.65. The zero-order valence-electron chi connectivity index (χ0n) is 5.29. The summed E-state index contributed by atoms with van der Waals surface area (Å²) in [5, 5.41) is 6.38. The summed E-state index contributed by atoms with van der Waals surface area (Å²) in [4.78, 5) is 4.18. The SMILES string of the molecule is ClC1=NN2CCN=C2C=C1. The molecule has 0 atom stereocenters. The number of hydrogen-bond donors (Lipinski definition) is 0. The van der Waals surface area contributed by atoms with Crippen LogP contribution in [0.3, 0.4) is 0 Å². The summed E-state index contributed by atoms with van der Waals surface area (Å²) in [6, 6.07) is 0. The van der Waals surface area contributed by atoms with Crippen molar-refractivity contribution in [2.24, 2.45) is 10.1 Å². The molecule has 0 N–H and O–H groups in total. The van der Waals surface area contributed by atoms with Crippen LogP contribution in [0.4, 0.5) is 0 Å². The summed E-state index contributed by atoms with van der Waals surface area (Å²) < 4.78 is 0. The fourth-order valence-electron chi connectivity index (χ4n) is 0.987. The van der Waals surface area contributed by atoms with E-state index in [0.29, 0.717) is 5.17 Å². The Morgan fingerprint density at radius 2 is 2.40 bits per heavy atom. The van der Waals surface area contributed by atoms with Gasteiger partial charge in [0.25, 0.3) is 0 Å². The van der Waals surface area contributed by atoms with E-state index in [9.17, 15) is 0 Å². The maximum Gasteiger partial charge on any atom is 0.149 e. The van der Waals surface area contributed by atoms with Crippen LogP contribution in [0.1, 0.15) is 0 Å². The van der Waals surface area contributed by atoms with Crippen LogP contribution < -0.4 is 0 Å². The lowest BCUT2D eigenvalue weighted by Gasteiger charge is -2.14. The van der Waals surface area contributed by atoms with Crippen LogP contribution in [0.15, 0.2) is 22.2 Å². The first-order chi connectivity index (χ1) is 4.86. The van der Waals surface area contributed by atoms with Gasteiger partial charge in [0.05, 0.1) is 13.1 Å². The summed E-state index contributed by atoms with van der Waals surface area (Å²) in [7, 11) is 0. The van der Waals surface area contributed by atoms with Crippen LogP contribution >= 0.6 is 11.6 Å². The van der Waals surface area contributed by atoms with Crippen molar-refractivity contribution in [3.05, 3.63) is 12.2 Å². The molecule has 3 nitrogen and oxygen atoms in total. The van der Waals surface area contributed by atoms with Gasteiger partial charge in [-0.2, -0.15) is 5.10 Å². The first-order valence-corrected chi connectivity index (χ1v) is 3.48. The van der Waals surface area contributed by atoms with Gasteiger partial charge in [0.2, 0.25) is 0 Å². The van der Waals surface area contributed by atoms with Crippen molar-refractivity contribution < 1.29 is 0 Å². The molecule has 2 aliphatic rings. The molecule has 0 aromatic heterocycles. The highest BCUT2D eigenvalue weighted by Crippen LogP contribution is 2.09. The quantitative estimate of drug-likeness (QED) is 0.509. The average molecular weight is 156 g/mol. The van der Waals surface area contributed by atoms with Gasteiger partial charge in [-0.1, -0.05) is 11.6 Å². The number of halogens is 1. The minimum atomic E-state index is 0.529. The maximum atomic E-state index is 5.65. The minimum absolute atomic E-state index is 0.529. The van der Waals surface area contributed by atoms with Gasteiger partial charge in [-0.3, -0.25) is 4.99 Å². The number of hydrazone groups is 1. The molecule has 4 heteroatoms. The molecule has 10 heavy (non-hydrogen) atoms. The van der Waals surface area contributed by atoms with E-state index in [1.807, 2.05) is 11.1 Å². The second-order valence-corrected chi connectivity index (χ2v) is 2.51. The van der Waals surface area contributed by atoms with E-state index in [0.717, 1.165) is 18.9 Å². The Hall–Kier alpha value is -0.830. The Labute approximate surface area is 63.7 Å². The lowest BCUT2D eigenvalue weighted by molar-refractivity contribution is 0.491. The van der Waals surface area contributed by atoms with Crippen LogP contribution in [-0.4, -0.2) is 29.1 Å². The standard InChI is InChI=1S/C6H6ClN3/c7-5-1-2-6-8-3-4-10(6)9-5/h1-2H,3-4H2. The van der Waals surface area contributed by atoms with E-state index >= 15 is 0 Å². The van der Waals surface area contributed by atoms with Gasteiger partial charge in [0.1, 0.15) is 11.0 Å². The normalized spacial score (nSPS) is 22.3. The number of hydrogen-bond acceptors (Lipinski definition) is 3. The molecule has 2 aliphatic heterocycles. The highest BCUT2D eigenvalue weighted by molar-refractivity contribution is 6.68. The molecule has 0 aromatic rings. The number of rotatable bonds is 0. The highest BCUT2D eigenvalue weighted by atomic mass is 35.5. The third-order valence-corrected chi connectivity index (χ3v) is 1.64. The van der Waals surface area contributed by atoms with Gasteiger partial charge < -0.3 is 0 Å². The van der Waals surface area contributed by atoms with Gasteiger partial charge in [0, 0.05) is 0 Å². The summed E-state index contributed by atoms with van der Waals surface area (Å²) in [5.41, 5.74) is 0. The molecule has 0 fully saturated rings. The lowest BCUT2D eigenvalue weighted by Crippen LogP contribution is -2.23. The van der Waals surface area contributed by atoms with E-state index in [1.54, 1.807) is 6.08 Å². The molecule has 0 spiro atoms. The van der Waals surface area contributed by atoms with Gasteiger partial charge >= 0.3 is 0 Å². The summed E-state index contributed by atoms with van der Waals surface area (Å²) >= 11 is 5.65. The first-order valence-electron chi connectivity index (χ1n) is 3.10. The molecular formula is C6H6ClN3. The van der Waals surface area contributed by atoms with Crippen molar-refractivity contribution in [1.82, 2.24) is 5.01 Å². The predicted molar refractivity (Wildman–Crippen MR) is 41.4 cm³/mol. The van der Waals surface area contributed by atoms with Crippen molar-refractivity contribution >= 4 is 22.6 Å². The summed E-state index contributed by atoms with van der Waals surface area (Å²) in [6.45, 7) is 1.68. The Morgan fingerprint density at radius 3 is 3.30 bits per heavy atom. The Balaban J connectivity index is 2.32. The molecule has 0 saturated carbocycles. The fourth-order valence-corrected chi connectivity index (χ4v) is 1.14. The zero-order chi connectivity index (χ0) is 6.97. The second-order valence-electron chi connectivity index (χ2n) is 2.12. The third kappa shape index (κ3) is 0.827. The largest absolute Gasteiger partial charge is 0.265 e. The van der Waals surface area contributed by atoms with Crippen molar-refractivity contribution in [2.45, 2.75) is 0 Å². The Bertz CT molecular complexity index is 241. The molecule has 2 heterocycles. The van der Waals surface area contributed by atoms with E-state index < -0.39 is 0 Å². The number of fused-ring (bicyclic) bond motifs is 1. The molecule has 0 aromatic carbocycles. The molecule has 0 unspecified atom stereocenters. The molecule has 0 aliphatic carbocycles. The van der Waals surface area contributed by atoms with E-state index in [1.165, 1.54) is 0 Å². The van der Waals surface area contributed by atoms with Crippen molar-refractivity contribution in [1.29, 1.82) is 0 Å². The van der Waals surface area contributed by atoms with Crippen molar-refractivity contribution in [3.8, 4) is 0 Å². The summed E-state index contributed by atoms with van der Waals surface area (Å²) in [6.07, 6.45) is 3.63. The van der Waals surface area contributed by atoms with Crippen LogP contribution in [0.5, 0.6) is 0 Å². The number of aliphatic imine (C=N–C) groups is 1. The number of amidine groups is 1. The van der Waals surface area contributed by atoms with Crippen LogP contribution in [0, 0.1) is 0 Å². The van der Waals surface area contributed by atoms with E-state index in [4.69, 9.17) is 11.6 Å². The third-order valence-electron chi connectivity index (χ3n) is 1.44. The van der Waals surface area contributed by atoms with E-state index in [2.05, 4.69) is 10.1 Å². The molecule has 0 amide bonds. The molecule has 2 rings (SSSR count). The molecule has 0 bridgehead atoms. The smallest absolute Gasteiger partial charge is 0.149 e. The minimum Gasteiger partial charge on any atom is -0.265 e. The van der Waals surface area contributed by atoms with Gasteiger partial charge in [-0.15, -0.1) is 0 Å². The topological polar surface area (TPSA) is 28.0 Å². The predicted octanol–water partition coefficient (Wildman–Crippen LogP) is 0.823. The van der Waals surface area contributed by atoms with Crippen LogP contribution in [0.25, 0.3) is 0 Å². The first kappa shape index (κ1) is 5.92. The van der Waals surface area contributed by atoms with Crippen LogP contribution in [0.2, 0.25) is 0 Å². The molecule has 0 saturated heterocycles. The zero-order valence-corrected chi connectivity index (χ0v) is 6.04. The Kier molecular flexibility index (Phi) is 1.24. The molecular weight excluding hydrogens is 150 g/mol. The number of nitrogens with zero attached hydrogens (tertiary/aromatic N) is 3.